The maximum atomic E-state index is 12.6. The Balaban J connectivity index is 1.49. The van der Waals surface area contributed by atoms with Crippen LogP contribution in [-0.4, -0.2) is 23.8 Å². The van der Waals surface area contributed by atoms with Crippen LogP contribution in [0.25, 0.3) is 11.1 Å². The second kappa shape index (κ2) is 8.94. The van der Waals surface area contributed by atoms with Crippen molar-refractivity contribution < 1.29 is 19.4 Å². The molecule has 0 spiro atoms. The Morgan fingerprint density at radius 2 is 1.65 bits per heavy atom. The SMILES string of the molecule is Cc1cc(C(CC(=O)O)NC(=O)OCC2c3ccccc3-c3ccccc32)ccc1Br. The second-order valence-electron chi connectivity index (χ2n) is 7.63. The third kappa shape index (κ3) is 4.49. The number of halogens is 1. The van der Waals surface area contributed by atoms with Crippen LogP contribution in [0.1, 0.15) is 40.6 Å². The molecule has 0 fully saturated rings. The Morgan fingerprint density at radius 1 is 1.03 bits per heavy atom. The molecule has 3 aromatic carbocycles. The summed E-state index contributed by atoms with van der Waals surface area (Å²) in [4.78, 5) is 24.0. The van der Waals surface area contributed by atoms with E-state index in [1.807, 2.05) is 43.3 Å². The molecule has 0 saturated carbocycles. The van der Waals surface area contributed by atoms with Gasteiger partial charge < -0.3 is 15.2 Å². The third-order valence-electron chi connectivity index (χ3n) is 5.60. The number of hydrogen-bond donors (Lipinski definition) is 2. The smallest absolute Gasteiger partial charge is 0.407 e. The largest absolute Gasteiger partial charge is 0.481 e. The van der Waals surface area contributed by atoms with Gasteiger partial charge in [0.05, 0.1) is 12.5 Å². The van der Waals surface area contributed by atoms with Crippen molar-refractivity contribution in [2.75, 3.05) is 6.61 Å². The maximum absolute atomic E-state index is 12.6. The Bertz CT molecular complexity index is 1100. The number of amides is 1. The molecule has 4 rings (SSSR count). The lowest BCUT2D eigenvalue weighted by Gasteiger charge is -2.20. The molecule has 1 unspecified atom stereocenters. The Labute approximate surface area is 189 Å². The fourth-order valence-corrected chi connectivity index (χ4v) is 4.34. The van der Waals surface area contributed by atoms with Gasteiger partial charge in [-0.15, -0.1) is 0 Å². The summed E-state index contributed by atoms with van der Waals surface area (Å²) in [6.45, 7) is 2.09. The summed E-state index contributed by atoms with van der Waals surface area (Å²) < 4.78 is 6.50. The fraction of sp³-hybridized carbons (Fsp3) is 0.200. The molecule has 158 valence electrons. The van der Waals surface area contributed by atoms with Crippen LogP contribution >= 0.6 is 15.9 Å². The predicted octanol–water partition coefficient (Wildman–Crippen LogP) is 5.81. The molecule has 6 heteroatoms. The van der Waals surface area contributed by atoms with Gasteiger partial charge in [-0.25, -0.2) is 4.79 Å². The minimum absolute atomic E-state index is 0.0500. The Morgan fingerprint density at radius 3 is 2.23 bits per heavy atom. The molecule has 0 saturated heterocycles. The van der Waals surface area contributed by atoms with E-state index in [0.717, 1.165) is 37.9 Å². The molecule has 31 heavy (non-hydrogen) atoms. The van der Waals surface area contributed by atoms with E-state index >= 15 is 0 Å². The number of aliphatic carboxylic acids is 1. The quantitative estimate of drug-likeness (QED) is 0.467. The lowest BCUT2D eigenvalue weighted by atomic mass is 9.98. The van der Waals surface area contributed by atoms with Crippen LogP contribution in [-0.2, 0) is 9.53 Å². The molecule has 0 heterocycles. The second-order valence-corrected chi connectivity index (χ2v) is 8.48. The van der Waals surface area contributed by atoms with Crippen molar-refractivity contribution in [1.82, 2.24) is 5.32 Å². The van der Waals surface area contributed by atoms with E-state index in [0.29, 0.717) is 0 Å². The van der Waals surface area contributed by atoms with Gasteiger partial charge in [-0.1, -0.05) is 76.6 Å². The van der Waals surface area contributed by atoms with Gasteiger partial charge in [-0.3, -0.25) is 4.79 Å². The van der Waals surface area contributed by atoms with Crippen LogP contribution in [0.2, 0.25) is 0 Å². The van der Waals surface area contributed by atoms with E-state index < -0.39 is 18.1 Å². The number of ether oxygens (including phenoxy) is 1. The minimum Gasteiger partial charge on any atom is -0.481 e. The first-order valence-corrected chi connectivity index (χ1v) is 10.8. The van der Waals surface area contributed by atoms with Crippen molar-refractivity contribution in [2.24, 2.45) is 0 Å². The molecule has 0 radical (unpaired) electrons. The van der Waals surface area contributed by atoms with Crippen LogP contribution in [0.5, 0.6) is 0 Å². The highest BCUT2D eigenvalue weighted by molar-refractivity contribution is 9.10. The number of nitrogens with one attached hydrogen (secondary N) is 1. The lowest BCUT2D eigenvalue weighted by molar-refractivity contribution is -0.137. The summed E-state index contributed by atoms with van der Waals surface area (Å²) in [5.74, 6) is -1.05. The van der Waals surface area contributed by atoms with Gasteiger partial charge >= 0.3 is 12.1 Å². The number of rotatable bonds is 6. The molecular formula is C25H22BrNO4. The number of hydrogen-bond acceptors (Lipinski definition) is 3. The number of aryl methyl sites for hydroxylation is 1. The summed E-state index contributed by atoms with van der Waals surface area (Å²) in [5.41, 5.74) is 6.24. The Hall–Kier alpha value is -3.12. The van der Waals surface area contributed by atoms with Crippen LogP contribution < -0.4 is 5.32 Å². The third-order valence-corrected chi connectivity index (χ3v) is 6.49. The lowest BCUT2D eigenvalue weighted by Crippen LogP contribution is -2.31. The molecule has 0 aromatic heterocycles. The topological polar surface area (TPSA) is 75.6 Å². The molecule has 1 aliphatic carbocycles. The zero-order valence-corrected chi connectivity index (χ0v) is 18.6. The zero-order valence-electron chi connectivity index (χ0n) is 17.0. The first kappa shape index (κ1) is 21.1. The highest BCUT2D eigenvalue weighted by Gasteiger charge is 2.29. The van der Waals surface area contributed by atoms with Gasteiger partial charge in [0.1, 0.15) is 6.61 Å². The van der Waals surface area contributed by atoms with E-state index in [2.05, 4.69) is 45.5 Å². The van der Waals surface area contributed by atoms with Crippen molar-refractivity contribution in [3.8, 4) is 11.1 Å². The molecule has 1 aliphatic rings. The van der Waals surface area contributed by atoms with Gasteiger partial charge in [0.25, 0.3) is 0 Å². The molecule has 1 amide bonds. The number of fused-ring (bicyclic) bond motifs is 3. The van der Waals surface area contributed by atoms with Gasteiger partial charge in [-0.2, -0.15) is 0 Å². The van der Waals surface area contributed by atoms with E-state index in [9.17, 15) is 14.7 Å². The van der Waals surface area contributed by atoms with Crippen molar-refractivity contribution in [3.05, 3.63) is 93.5 Å². The number of carbonyl (C=O) groups excluding carboxylic acids is 1. The first-order chi connectivity index (χ1) is 14.9. The molecule has 3 aromatic rings. The summed E-state index contributed by atoms with van der Waals surface area (Å²) in [6, 6.07) is 21.1. The number of benzene rings is 3. The fourth-order valence-electron chi connectivity index (χ4n) is 4.09. The van der Waals surface area contributed by atoms with E-state index in [1.54, 1.807) is 6.07 Å². The molecule has 0 bridgehead atoms. The van der Waals surface area contributed by atoms with Crippen LogP contribution in [0.3, 0.4) is 0 Å². The predicted molar refractivity (Wildman–Crippen MR) is 122 cm³/mol. The summed E-state index contributed by atoms with van der Waals surface area (Å²) in [6.07, 6.45) is -0.862. The molecule has 5 nitrogen and oxygen atoms in total. The highest BCUT2D eigenvalue weighted by Crippen LogP contribution is 2.44. The highest BCUT2D eigenvalue weighted by atomic mass is 79.9. The van der Waals surface area contributed by atoms with E-state index in [-0.39, 0.29) is 18.9 Å². The molecule has 0 aliphatic heterocycles. The van der Waals surface area contributed by atoms with E-state index in [1.165, 1.54) is 0 Å². The average molecular weight is 480 g/mol. The van der Waals surface area contributed by atoms with Crippen molar-refractivity contribution in [3.63, 3.8) is 0 Å². The standard InChI is InChI=1S/C25H22BrNO4/c1-15-12-16(10-11-22(15)26)23(13-24(28)29)27-25(30)31-14-21-19-8-4-2-6-17(19)18-7-3-5-9-20(18)21/h2-12,21,23H,13-14H2,1H3,(H,27,30)(H,28,29). The average Bonchev–Trinajstić information content (AvgIpc) is 3.07. The number of carbonyl (C=O) groups is 2. The maximum Gasteiger partial charge on any atom is 0.407 e. The van der Waals surface area contributed by atoms with Gasteiger partial charge in [0.15, 0.2) is 0 Å². The van der Waals surface area contributed by atoms with Crippen molar-refractivity contribution >= 4 is 28.0 Å². The van der Waals surface area contributed by atoms with Crippen LogP contribution in [0.15, 0.2) is 71.2 Å². The monoisotopic (exact) mass is 479 g/mol. The van der Waals surface area contributed by atoms with Crippen molar-refractivity contribution in [1.29, 1.82) is 0 Å². The summed E-state index contributed by atoms with van der Waals surface area (Å²) in [5, 5.41) is 12.0. The Kier molecular flexibility index (Phi) is 6.09. The van der Waals surface area contributed by atoms with Gasteiger partial charge in [0, 0.05) is 10.4 Å². The number of carboxylic acid groups (broad SMARTS) is 1. The van der Waals surface area contributed by atoms with Crippen LogP contribution in [0, 0.1) is 6.92 Å². The summed E-state index contributed by atoms with van der Waals surface area (Å²) in [7, 11) is 0. The number of alkyl carbamates (subject to hydrolysis) is 1. The zero-order chi connectivity index (χ0) is 22.0. The van der Waals surface area contributed by atoms with Gasteiger partial charge in [-0.05, 0) is 46.4 Å². The van der Waals surface area contributed by atoms with E-state index in [4.69, 9.17) is 4.74 Å². The molecular weight excluding hydrogens is 458 g/mol. The normalized spacial score (nSPS) is 13.2. The molecule has 2 N–H and O–H groups in total. The van der Waals surface area contributed by atoms with Gasteiger partial charge in [0.2, 0.25) is 0 Å². The first-order valence-electron chi connectivity index (χ1n) is 10.0. The van der Waals surface area contributed by atoms with Crippen LogP contribution in [0.4, 0.5) is 4.79 Å². The molecule has 1 atom stereocenters. The minimum atomic E-state index is -0.996. The van der Waals surface area contributed by atoms with Crippen molar-refractivity contribution in [2.45, 2.75) is 25.3 Å². The number of carboxylic acids is 1. The summed E-state index contributed by atoms with van der Waals surface area (Å²) >= 11 is 3.44.